The SMILES string of the molecule is Cc1nnc(SC2CCC(N)(C(N)=O)C2)n1C. The van der Waals surface area contributed by atoms with Crippen molar-refractivity contribution >= 4 is 17.7 Å². The van der Waals surface area contributed by atoms with E-state index in [9.17, 15) is 4.79 Å². The van der Waals surface area contributed by atoms with Gasteiger partial charge in [-0.25, -0.2) is 0 Å². The summed E-state index contributed by atoms with van der Waals surface area (Å²) in [5.41, 5.74) is 10.4. The summed E-state index contributed by atoms with van der Waals surface area (Å²) in [6.45, 7) is 1.91. The Labute approximate surface area is 104 Å². The quantitative estimate of drug-likeness (QED) is 0.789. The van der Waals surface area contributed by atoms with Crippen LogP contribution in [0.5, 0.6) is 0 Å². The summed E-state index contributed by atoms with van der Waals surface area (Å²) in [5.74, 6) is 0.467. The number of thioether (sulfide) groups is 1. The zero-order valence-electron chi connectivity index (χ0n) is 10.0. The molecule has 7 heteroatoms. The first kappa shape index (κ1) is 12.4. The van der Waals surface area contributed by atoms with Crippen molar-refractivity contribution in [2.75, 3.05) is 0 Å². The highest BCUT2D eigenvalue weighted by Crippen LogP contribution is 2.38. The number of nitrogens with zero attached hydrogens (tertiary/aromatic N) is 3. The summed E-state index contributed by atoms with van der Waals surface area (Å²) in [6, 6.07) is 0. The van der Waals surface area contributed by atoms with Gasteiger partial charge in [0, 0.05) is 12.3 Å². The lowest BCUT2D eigenvalue weighted by Crippen LogP contribution is -2.50. The molecule has 1 aromatic heterocycles. The van der Waals surface area contributed by atoms with Crippen molar-refractivity contribution in [2.45, 2.75) is 42.1 Å². The van der Waals surface area contributed by atoms with E-state index in [0.29, 0.717) is 12.8 Å². The lowest BCUT2D eigenvalue weighted by Gasteiger charge is -2.19. The van der Waals surface area contributed by atoms with Crippen molar-refractivity contribution in [2.24, 2.45) is 18.5 Å². The van der Waals surface area contributed by atoms with E-state index in [1.807, 2.05) is 18.5 Å². The fourth-order valence-corrected chi connectivity index (χ4v) is 3.29. The molecule has 1 amide bonds. The van der Waals surface area contributed by atoms with Crippen LogP contribution in [0.25, 0.3) is 0 Å². The largest absolute Gasteiger partial charge is 0.368 e. The molecule has 4 N–H and O–H groups in total. The van der Waals surface area contributed by atoms with Crippen molar-refractivity contribution in [3.05, 3.63) is 5.82 Å². The third kappa shape index (κ3) is 2.30. The van der Waals surface area contributed by atoms with Gasteiger partial charge >= 0.3 is 0 Å². The first-order valence-electron chi connectivity index (χ1n) is 5.54. The summed E-state index contributed by atoms with van der Waals surface area (Å²) in [6.07, 6.45) is 2.14. The zero-order chi connectivity index (χ0) is 12.6. The predicted molar refractivity (Wildman–Crippen MR) is 65.3 cm³/mol. The normalized spacial score (nSPS) is 28.5. The Bertz CT molecular complexity index is 446. The minimum Gasteiger partial charge on any atom is -0.368 e. The third-order valence-corrected chi connectivity index (χ3v) is 4.62. The molecule has 94 valence electrons. The number of nitrogens with two attached hydrogens (primary N) is 2. The number of hydrogen-bond acceptors (Lipinski definition) is 5. The lowest BCUT2D eigenvalue weighted by molar-refractivity contribution is -0.122. The molecule has 0 saturated heterocycles. The average molecular weight is 255 g/mol. The van der Waals surface area contributed by atoms with Gasteiger partial charge in [0.15, 0.2) is 5.16 Å². The molecule has 1 aliphatic carbocycles. The van der Waals surface area contributed by atoms with E-state index in [0.717, 1.165) is 17.4 Å². The molecule has 1 aromatic rings. The van der Waals surface area contributed by atoms with Crippen LogP contribution in [0.3, 0.4) is 0 Å². The Morgan fingerprint density at radius 3 is 2.76 bits per heavy atom. The minimum absolute atomic E-state index is 0.287. The fourth-order valence-electron chi connectivity index (χ4n) is 1.99. The van der Waals surface area contributed by atoms with E-state index >= 15 is 0 Å². The topological polar surface area (TPSA) is 99.8 Å². The van der Waals surface area contributed by atoms with Crippen LogP contribution in [0.4, 0.5) is 0 Å². The third-order valence-electron chi connectivity index (χ3n) is 3.32. The van der Waals surface area contributed by atoms with Crippen LogP contribution in [-0.2, 0) is 11.8 Å². The molecule has 0 radical (unpaired) electrons. The number of aromatic nitrogens is 3. The van der Waals surface area contributed by atoms with Crippen LogP contribution in [0.2, 0.25) is 0 Å². The van der Waals surface area contributed by atoms with Crippen LogP contribution in [0.15, 0.2) is 5.16 Å². The summed E-state index contributed by atoms with van der Waals surface area (Å²) in [5, 5.41) is 9.24. The van der Waals surface area contributed by atoms with Crippen LogP contribution < -0.4 is 11.5 Å². The van der Waals surface area contributed by atoms with E-state index in [-0.39, 0.29) is 5.25 Å². The molecule has 2 unspecified atom stereocenters. The number of carbonyl (C=O) groups is 1. The standard InChI is InChI=1S/C10H17N5OS/c1-6-13-14-9(15(6)2)17-7-3-4-10(12,5-7)8(11)16/h7H,3-5,12H2,1-2H3,(H2,11,16). The molecule has 1 fully saturated rings. The smallest absolute Gasteiger partial charge is 0.237 e. The van der Waals surface area contributed by atoms with Crippen molar-refractivity contribution < 1.29 is 4.79 Å². The first-order chi connectivity index (χ1) is 7.92. The van der Waals surface area contributed by atoms with Crippen LogP contribution in [0.1, 0.15) is 25.1 Å². The van der Waals surface area contributed by atoms with Gasteiger partial charge in [0.05, 0.1) is 5.54 Å². The Kier molecular flexibility index (Phi) is 3.13. The second-order valence-electron chi connectivity index (χ2n) is 4.59. The molecule has 2 rings (SSSR count). The van der Waals surface area contributed by atoms with E-state index in [2.05, 4.69) is 10.2 Å². The number of aryl methyl sites for hydroxylation is 1. The summed E-state index contributed by atoms with van der Waals surface area (Å²) >= 11 is 1.62. The molecular formula is C10H17N5OS. The highest BCUT2D eigenvalue weighted by molar-refractivity contribution is 7.99. The van der Waals surface area contributed by atoms with Crippen molar-refractivity contribution in [1.29, 1.82) is 0 Å². The molecule has 0 spiro atoms. The lowest BCUT2D eigenvalue weighted by atomic mass is 9.99. The average Bonchev–Trinajstić information content (AvgIpc) is 2.78. The van der Waals surface area contributed by atoms with Gasteiger partial charge in [-0.15, -0.1) is 10.2 Å². The Hall–Kier alpha value is -1.08. The zero-order valence-corrected chi connectivity index (χ0v) is 10.8. The van der Waals surface area contributed by atoms with Gasteiger partial charge in [0.1, 0.15) is 5.82 Å². The summed E-state index contributed by atoms with van der Waals surface area (Å²) < 4.78 is 1.94. The molecule has 0 aromatic carbocycles. The molecule has 1 saturated carbocycles. The number of hydrogen-bond donors (Lipinski definition) is 2. The summed E-state index contributed by atoms with van der Waals surface area (Å²) in [4.78, 5) is 11.2. The van der Waals surface area contributed by atoms with E-state index in [1.165, 1.54) is 0 Å². The van der Waals surface area contributed by atoms with Gasteiger partial charge in [-0.2, -0.15) is 0 Å². The second kappa shape index (κ2) is 4.30. The van der Waals surface area contributed by atoms with Gasteiger partial charge < -0.3 is 16.0 Å². The van der Waals surface area contributed by atoms with Gasteiger partial charge in [-0.3, -0.25) is 4.79 Å². The maximum Gasteiger partial charge on any atom is 0.237 e. The number of carbonyl (C=O) groups excluding carboxylic acids is 1. The van der Waals surface area contributed by atoms with E-state index < -0.39 is 11.4 Å². The Morgan fingerprint density at radius 2 is 2.29 bits per heavy atom. The maximum absolute atomic E-state index is 11.2. The van der Waals surface area contributed by atoms with Gasteiger partial charge in [-0.05, 0) is 26.2 Å². The van der Waals surface area contributed by atoms with Crippen LogP contribution >= 0.6 is 11.8 Å². The second-order valence-corrected chi connectivity index (χ2v) is 5.86. The van der Waals surface area contributed by atoms with E-state index in [1.54, 1.807) is 11.8 Å². The molecule has 0 bridgehead atoms. The molecule has 0 aliphatic heterocycles. The van der Waals surface area contributed by atoms with Crippen molar-refractivity contribution in [1.82, 2.24) is 14.8 Å². The Morgan fingerprint density at radius 1 is 1.59 bits per heavy atom. The van der Waals surface area contributed by atoms with Crippen molar-refractivity contribution in [3.8, 4) is 0 Å². The number of primary amides is 1. The Balaban J connectivity index is 2.03. The minimum atomic E-state index is -0.842. The maximum atomic E-state index is 11.2. The van der Waals surface area contributed by atoms with E-state index in [4.69, 9.17) is 11.5 Å². The first-order valence-corrected chi connectivity index (χ1v) is 6.42. The van der Waals surface area contributed by atoms with Crippen molar-refractivity contribution in [3.63, 3.8) is 0 Å². The molecule has 2 atom stereocenters. The molecule has 1 aliphatic rings. The molecule has 6 nitrogen and oxygen atoms in total. The molecule has 1 heterocycles. The van der Waals surface area contributed by atoms with Gasteiger partial charge in [-0.1, -0.05) is 11.8 Å². The number of rotatable bonds is 3. The van der Waals surface area contributed by atoms with Crippen LogP contribution in [-0.4, -0.2) is 31.5 Å². The summed E-state index contributed by atoms with van der Waals surface area (Å²) in [7, 11) is 1.93. The highest BCUT2D eigenvalue weighted by Gasteiger charge is 2.41. The predicted octanol–water partition coefficient (Wildman–Crippen LogP) is -0.0491. The fraction of sp³-hybridized carbons (Fsp3) is 0.700. The highest BCUT2D eigenvalue weighted by atomic mass is 32.2. The van der Waals surface area contributed by atoms with Gasteiger partial charge in [0.2, 0.25) is 5.91 Å². The molecular weight excluding hydrogens is 238 g/mol. The monoisotopic (exact) mass is 255 g/mol. The number of amides is 1. The van der Waals surface area contributed by atoms with Gasteiger partial charge in [0.25, 0.3) is 0 Å². The van der Waals surface area contributed by atoms with Crippen LogP contribution in [0, 0.1) is 6.92 Å². The molecule has 17 heavy (non-hydrogen) atoms.